The Morgan fingerprint density at radius 2 is 2.06 bits per heavy atom. The fourth-order valence-electron chi connectivity index (χ4n) is 1.41. The number of anilines is 1. The predicted octanol–water partition coefficient (Wildman–Crippen LogP) is 3.47. The molecule has 100 valence electrons. The molecule has 5 nitrogen and oxygen atoms in total. The molecule has 0 saturated heterocycles. The molecule has 2 N–H and O–H groups in total. The van der Waals surface area contributed by atoms with Gasteiger partial charge in [-0.05, 0) is 18.9 Å². The summed E-state index contributed by atoms with van der Waals surface area (Å²) in [6.45, 7) is 2.29. The van der Waals surface area contributed by atoms with E-state index in [1.807, 2.05) is 6.92 Å². The maximum Gasteiger partial charge on any atom is 0.293 e. The van der Waals surface area contributed by atoms with Gasteiger partial charge >= 0.3 is 0 Å². The van der Waals surface area contributed by atoms with Crippen LogP contribution in [0.15, 0.2) is 12.1 Å². The van der Waals surface area contributed by atoms with Crippen molar-refractivity contribution in [3.63, 3.8) is 0 Å². The van der Waals surface area contributed by atoms with Gasteiger partial charge in [-0.1, -0.05) is 30.1 Å². The molecule has 1 rings (SSSR count). The van der Waals surface area contributed by atoms with Crippen LogP contribution in [0.4, 0.5) is 11.4 Å². The van der Waals surface area contributed by atoms with Crippen molar-refractivity contribution in [1.82, 2.24) is 0 Å². The van der Waals surface area contributed by atoms with E-state index in [1.54, 1.807) is 0 Å². The van der Waals surface area contributed by atoms with Crippen LogP contribution in [0.5, 0.6) is 0 Å². The van der Waals surface area contributed by atoms with E-state index in [4.69, 9.17) is 23.2 Å². The van der Waals surface area contributed by atoms with Crippen molar-refractivity contribution in [3.8, 4) is 0 Å². The molecule has 0 radical (unpaired) electrons. The summed E-state index contributed by atoms with van der Waals surface area (Å²) in [5, 5.41) is 23.5. The first-order valence-corrected chi connectivity index (χ1v) is 6.26. The molecule has 7 heteroatoms. The number of nitro benzene ring substituents is 1. The van der Waals surface area contributed by atoms with E-state index in [1.165, 1.54) is 12.1 Å². The van der Waals surface area contributed by atoms with E-state index in [0.717, 1.165) is 0 Å². The second-order valence-corrected chi connectivity index (χ2v) is 4.63. The Hall–Kier alpha value is -1.04. The lowest BCUT2D eigenvalue weighted by atomic mass is 10.2. The number of hydrogen-bond donors (Lipinski definition) is 2. The van der Waals surface area contributed by atoms with Gasteiger partial charge in [-0.15, -0.1) is 0 Å². The van der Waals surface area contributed by atoms with Crippen LogP contribution in [0.3, 0.4) is 0 Å². The largest absolute Gasteiger partial charge is 0.393 e. The first-order valence-electron chi connectivity index (χ1n) is 5.51. The Morgan fingerprint density at radius 1 is 1.44 bits per heavy atom. The van der Waals surface area contributed by atoms with Crippen molar-refractivity contribution in [2.24, 2.45) is 0 Å². The van der Waals surface area contributed by atoms with Gasteiger partial charge in [-0.25, -0.2) is 0 Å². The van der Waals surface area contributed by atoms with Crippen LogP contribution in [-0.4, -0.2) is 22.7 Å². The molecule has 18 heavy (non-hydrogen) atoms. The van der Waals surface area contributed by atoms with E-state index in [2.05, 4.69) is 5.32 Å². The Balaban J connectivity index is 2.80. The van der Waals surface area contributed by atoms with Gasteiger partial charge in [0.15, 0.2) is 0 Å². The van der Waals surface area contributed by atoms with Crippen LogP contribution >= 0.6 is 23.2 Å². The summed E-state index contributed by atoms with van der Waals surface area (Å²) in [6.07, 6.45) is 0.735. The molecular weight excluding hydrogens is 279 g/mol. The van der Waals surface area contributed by atoms with Crippen molar-refractivity contribution < 1.29 is 10.0 Å². The van der Waals surface area contributed by atoms with Crippen molar-refractivity contribution in [3.05, 3.63) is 32.3 Å². The highest BCUT2D eigenvalue weighted by Gasteiger charge is 2.16. The minimum Gasteiger partial charge on any atom is -0.393 e. The van der Waals surface area contributed by atoms with Crippen LogP contribution < -0.4 is 5.32 Å². The van der Waals surface area contributed by atoms with Gasteiger partial charge in [-0.3, -0.25) is 10.1 Å². The van der Waals surface area contributed by atoms with Crippen molar-refractivity contribution in [2.75, 3.05) is 11.9 Å². The van der Waals surface area contributed by atoms with Crippen LogP contribution in [-0.2, 0) is 0 Å². The number of aliphatic hydroxyl groups excluding tert-OH is 1. The third-order valence-corrected chi connectivity index (χ3v) is 3.22. The minimum atomic E-state index is -0.527. The molecule has 0 amide bonds. The molecule has 0 aliphatic heterocycles. The van der Waals surface area contributed by atoms with Crippen LogP contribution in [0.25, 0.3) is 0 Å². The van der Waals surface area contributed by atoms with Gasteiger partial charge in [0.1, 0.15) is 5.69 Å². The number of rotatable bonds is 6. The molecule has 1 atom stereocenters. The standard InChI is InChI=1S/C11H14Cl2N2O3/c1-2-7(16)3-4-14-10-5-8(12)9(13)6-11(10)15(17)18/h5-7,14,16H,2-4H2,1H3. The number of nitro groups is 1. The molecule has 1 unspecified atom stereocenters. The van der Waals surface area contributed by atoms with Gasteiger partial charge in [0, 0.05) is 12.6 Å². The van der Waals surface area contributed by atoms with Crippen molar-refractivity contribution in [2.45, 2.75) is 25.9 Å². The van der Waals surface area contributed by atoms with Crippen LogP contribution in [0.1, 0.15) is 19.8 Å². The zero-order valence-electron chi connectivity index (χ0n) is 9.82. The molecule has 1 aromatic rings. The fourth-order valence-corrected chi connectivity index (χ4v) is 1.73. The average Bonchev–Trinajstić information content (AvgIpc) is 2.32. The Kier molecular flexibility index (Phi) is 5.65. The molecular formula is C11H14Cl2N2O3. The summed E-state index contributed by atoms with van der Waals surface area (Å²) < 4.78 is 0. The molecule has 0 saturated carbocycles. The minimum absolute atomic E-state index is 0.129. The van der Waals surface area contributed by atoms with E-state index >= 15 is 0 Å². The van der Waals surface area contributed by atoms with Gasteiger partial charge in [0.2, 0.25) is 0 Å². The second-order valence-electron chi connectivity index (χ2n) is 3.82. The highest BCUT2D eigenvalue weighted by molar-refractivity contribution is 6.42. The second kappa shape index (κ2) is 6.78. The van der Waals surface area contributed by atoms with E-state index in [0.29, 0.717) is 25.1 Å². The smallest absolute Gasteiger partial charge is 0.293 e. The monoisotopic (exact) mass is 292 g/mol. The van der Waals surface area contributed by atoms with Crippen molar-refractivity contribution in [1.29, 1.82) is 0 Å². The highest BCUT2D eigenvalue weighted by atomic mass is 35.5. The summed E-state index contributed by atoms with van der Waals surface area (Å²) in [5.74, 6) is 0. The predicted molar refractivity (Wildman–Crippen MR) is 72.5 cm³/mol. The summed E-state index contributed by atoms with van der Waals surface area (Å²) in [7, 11) is 0. The third-order valence-electron chi connectivity index (χ3n) is 2.50. The highest BCUT2D eigenvalue weighted by Crippen LogP contribution is 2.33. The summed E-state index contributed by atoms with van der Waals surface area (Å²) in [5.41, 5.74) is 0.174. The molecule has 0 aliphatic carbocycles. The summed E-state index contributed by atoms with van der Waals surface area (Å²) in [4.78, 5) is 10.3. The van der Waals surface area contributed by atoms with E-state index < -0.39 is 11.0 Å². The first kappa shape index (κ1) is 15.0. The van der Waals surface area contributed by atoms with Gasteiger partial charge in [0.25, 0.3) is 5.69 Å². The lowest BCUT2D eigenvalue weighted by Gasteiger charge is -2.10. The summed E-state index contributed by atoms with van der Waals surface area (Å²) in [6, 6.07) is 2.63. The number of hydrogen-bond acceptors (Lipinski definition) is 4. The lowest BCUT2D eigenvalue weighted by molar-refractivity contribution is -0.383. The van der Waals surface area contributed by atoms with Gasteiger partial charge < -0.3 is 10.4 Å². The maximum absolute atomic E-state index is 10.9. The molecule has 0 fully saturated rings. The first-order chi connectivity index (χ1) is 8.45. The summed E-state index contributed by atoms with van der Waals surface area (Å²) >= 11 is 11.5. The lowest BCUT2D eigenvalue weighted by Crippen LogP contribution is -2.13. The SMILES string of the molecule is CCC(O)CCNc1cc(Cl)c(Cl)cc1[N+](=O)[O-]. The number of aliphatic hydroxyl groups is 1. The van der Waals surface area contributed by atoms with E-state index in [-0.39, 0.29) is 15.7 Å². The number of nitrogens with one attached hydrogen (secondary N) is 1. The molecule has 1 aromatic carbocycles. The molecule has 0 aromatic heterocycles. The van der Waals surface area contributed by atoms with Crippen LogP contribution in [0.2, 0.25) is 10.0 Å². The number of benzene rings is 1. The zero-order valence-corrected chi connectivity index (χ0v) is 11.3. The topological polar surface area (TPSA) is 75.4 Å². The van der Waals surface area contributed by atoms with Crippen LogP contribution in [0, 0.1) is 10.1 Å². The Bertz CT molecular complexity index is 441. The molecule has 0 bridgehead atoms. The van der Waals surface area contributed by atoms with E-state index in [9.17, 15) is 15.2 Å². The molecule has 0 spiro atoms. The number of halogens is 2. The Morgan fingerprint density at radius 3 is 2.61 bits per heavy atom. The zero-order chi connectivity index (χ0) is 13.7. The quantitative estimate of drug-likeness (QED) is 0.622. The Labute approximate surface area is 115 Å². The fraction of sp³-hybridized carbons (Fsp3) is 0.455. The number of nitrogens with zero attached hydrogens (tertiary/aromatic N) is 1. The normalized spacial score (nSPS) is 12.2. The third kappa shape index (κ3) is 4.01. The van der Waals surface area contributed by atoms with Gasteiger partial charge in [-0.2, -0.15) is 0 Å². The maximum atomic E-state index is 10.9. The molecule has 0 heterocycles. The average molecular weight is 293 g/mol. The molecule has 0 aliphatic rings. The van der Waals surface area contributed by atoms with Crippen molar-refractivity contribution >= 4 is 34.6 Å². The van der Waals surface area contributed by atoms with Gasteiger partial charge in [0.05, 0.1) is 21.1 Å².